The number of aryl methyl sites for hydroxylation is 1. The van der Waals surface area contributed by atoms with Gasteiger partial charge in [-0.15, -0.1) is 0 Å². The second-order valence-corrected chi connectivity index (χ2v) is 17.6. The Kier molecular flexibility index (Phi) is 10.3. The van der Waals surface area contributed by atoms with Gasteiger partial charge in [-0.05, 0) is 120 Å². The predicted molar refractivity (Wildman–Crippen MR) is 292 cm³/mol. The van der Waals surface area contributed by atoms with Gasteiger partial charge in [-0.25, -0.2) is 0 Å². The first kappa shape index (κ1) is 41.3. The second kappa shape index (κ2) is 17.2. The standard InChI is InChI=1S/C49H33N3.C15H14N2/c1-32-27-36(51-44-19-9-5-15-38(44)39-16-6-10-20-45(39)51)31-37(28-32)52-47-22-12-8-18-41(47)43-30-34(24-26-49(43)52)33-23-25-48-42(29-33)40-17-7-11-21-46(40)50(48)35-13-3-2-4-14-35;16-14(12-7-3-1-4-8-12)11-15(17)13-9-5-2-6-10-13/h2-31H,1H3;1-11,16H,17H2/b;15-11-,16-14?. The number of allylic oxidation sites excluding steroid dienone is 1. The fraction of sp³-hybridized carbons (Fsp3) is 0.0156. The van der Waals surface area contributed by atoms with Crippen molar-refractivity contribution in [3.05, 3.63) is 265 Å². The SMILES string of the molecule is Cc1cc(-n2c3ccccc3c3ccccc32)cc(-n2c3ccccc3c3cc(-c4ccc5c(c4)c4ccccc4n5-c4ccccc4)ccc32)c1.N=C(/C=C(\N)c1ccccc1)c1ccccc1. The zero-order valence-corrected chi connectivity index (χ0v) is 38.1. The van der Waals surface area contributed by atoms with E-state index in [-0.39, 0.29) is 0 Å². The van der Waals surface area contributed by atoms with Gasteiger partial charge in [0.25, 0.3) is 0 Å². The summed E-state index contributed by atoms with van der Waals surface area (Å²) in [5.74, 6) is 0. The van der Waals surface area contributed by atoms with Crippen molar-refractivity contribution in [3.8, 4) is 28.2 Å². The van der Waals surface area contributed by atoms with Crippen LogP contribution in [0.25, 0.3) is 99.3 Å². The van der Waals surface area contributed by atoms with E-state index in [1.54, 1.807) is 6.08 Å². The van der Waals surface area contributed by atoms with E-state index in [4.69, 9.17) is 11.1 Å². The minimum Gasteiger partial charge on any atom is -0.398 e. The molecule has 0 aliphatic carbocycles. The van der Waals surface area contributed by atoms with Gasteiger partial charge in [0.05, 0.1) is 38.8 Å². The van der Waals surface area contributed by atoms with Crippen molar-refractivity contribution in [2.75, 3.05) is 0 Å². The molecule has 3 heterocycles. The molecule has 0 saturated heterocycles. The van der Waals surface area contributed by atoms with E-state index >= 15 is 0 Å². The number of rotatable bonds is 7. The number of benzene rings is 10. The van der Waals surface area contributed by atoms with Crippen molar-refractivity contribution in [3.63, 3.8) is 0 Å². The quantitative estimate of drug-likeness (QED) is 0.154. The van der Waals surface area contributed by atoms with Crippen LogP contribution < -0.4 is 5.73 Å². The molecule has 0 amide bonds. The molecule has 0 spiro atoms. The smallest absolute Gasteiger partial charge is 0.0632 e. The lowest BCUT2D eigenvalue weighted by Crippen LogP contribution is -2.02. The molecular formula is C64H47N5. The summed E-state index contributed by atoms with van der Waals surface area (Å²) in [5, 5.41) is 15.5. The van der Waals surface area contributed by atoms with Crippen LogP contribution in [0.1, 0.15) is 16.7 Å². The lowest BCUT2D eigenvalue weighted by atomic mass is 10.0. The minimum atomic E-state index is 0.423. The zero-order chi connectivity index (χ0) is 46.4. The maximum Gasteiger partial charge on any atom is 0.0632 e. The summed E-state index contributed by atoms with van der Waals surface area (Å²) in [4.78, 5) is 0. The van der Waals surface area contributed by atoms with Crippen LogP contribution in [0.5, 0.6) is 0 Å². The van der Waals surface area contributed by atoms with Crippen LogP contribution in [-0.4, -0.2) is 19.4 Å². The number of hydrogen-bond donors (Lipinski definition) is 2. The van der Waals surface area contributed by atoms with Crippen LogP contribution in [0, 0.1) is 12.3 Å². The van der Waals surface area contributed by atoms with E-state index in [1.807, 2.05) is 60.7 Å². The molecule has 0 fully saturated rings. The van der Waals surface area contributed by atoms with Gasteiger partial charge in [-0.2, -0.15) is 0 Å². The Labute approximate surface area is 400 Å². The monoisotopic (exact) mass is 885 g/mol. The van der Waals surface area contributed by atoms with Gasteiger partial charge in [-0.1, -0.05) is 164 Å². The molecule has 0 atom stereocenters. The van der Waals surface area contributed by atoms with Gasteiger partial charge < -0.3 is 24.8 Å². The number of fused-ring (bicyclic) bond motifs is 9. The fourth-order valence-corrected chi connectivity index (χ4v) is 10.2. The van der Waals surface area contributed by atoms with Gasteiger partial charge >= 0.3 is 0 Å². The molecule has 5 heteroatoms. The molecule has 0 aliphatic rings. The minimum absolute atomic E-state index is 0.423. The molecular weight excluding hydrogens is 839 g/mol. The van der Waals surface area contributed by atoms with E-state index in [1.165, 1.54) is 87.8 Å². The summed E-state index contributed by atoms with van der Waals surface area (Å²) < 4.78 is 7.23. The van der Waals surface area contributed by atoms with Crippen molar-refractivity contribution in [1.29, 1.82) is 5.41 Å². The average molecular weight is 886 g/mol. The normalized spacial score (nSPS) is 11.8. The average Bonchev–Trinajstić information content (AvgIpc) is 4.05. The largest absolute Gasteiger partial charge is 0.398 e. The van der Waals surface area contributed by atoms with Gasteiger partial charge in [0.15, 0.2) is 0 Å². The molecule has 0 aliphatic heterocycles. The number of nitrogens with two attached hydrogens (primary N) is 1. The number of nitrogens with one attached hydrogen (secondary N) is 1. The van der Waals surface area contributed by atoms with E-state index in [2.05, 4.69) is 203 Å². The zero-order valence-electron chi connectivity index (χ0n) is 38.1. The Hall–Kier alpha value is -9.19. The topological polar surface area (TPSA) is 64.7 Å². The lowest BCUT2D eigenvalue weighted by molar-refractivity contribution is 1.12. The summed E-state index contributed by atoms with van der Waals surface area (Å²) in [5.41, 5.74) is 23.2. The molecule has 0 bridgehead atoms. The Morgan fingerprint density at radius 1 is 0.348 bits per heavy atom. The summed E-state index contributed by atoms with van der Waals surface area (Å²) in [6.45, 7) is 2.21. The van der Waals surface area contributed by atoms with Crippen molar-refractivity contribution in [2.24, 2.45) is 5.73 Å². The number of nitrogens with zero attached hydrogens (tertiary/aromatic N) is 3. The van der Waals surface area contributed by atoms with Crippen molar-refractivity contribution >= 4 is 76.8 Å². The third kappa shape index (κ3) is 7.34. The van der Waals surface area contributed by atoms with Gasteiger partial charge in [0.1, 0.15) is 0 Å². The van der Waals surface area contributed by atoms with Crippen LogP contribution in [0.15, 0.2) is 249 Å². The lowest BCUT2D eigenvalue weighted by Gasteiger charge is -2.14. The highest BCUT2D eigenvalue weighted by molar-refractivity contribution is 6.14. The summed E-state index contributed by atoms with van der Waals surface area (Å²) in [6.07, 6.45) is 1.69. The molecule has 5 nitrogen and oxygen atoms in total. The van der Waals surface area contributed by atoms with Crippen LogP contribution in [-0.2, 0) is 0 Å². The number of hydrogen-bond acceptors (Lipinski definition) is 2. The Morgan fingerprint density at radius 2 is 0.696 bits per heavy atom. The Morgan fingerprint density at radius 3 is 1.14 bits per heavy atom. The third-order valence-corrected chi connectivity index (χ3v) is 13.3. The molecule has 13 aromatic rings. The maximum absolute atomic E-state index is 7.95. The molecule has 0 radical (unpaired) electrons. The highest BCUT2D eigenvalue weighted by atomic mass is 15.0. The highest BCUT2D eigenvalue weighted by Crippen LogP contribution is 2.39. The molecule has 328 valence electrons. The van der Waals surface area contributed by atoms with Crippen LogP contribution >= 0.6 is 0 Å². The molecule has 3 aromatic heterocycles. The highest BCUT2D eigenvalue weighted by Gasteiger charge is 2.18. The first-order valence-electron chi connectivity index (χ1n) is 23.4. The predicted octanol–water partition coefficient (Wildman–Crippen LogP) is 16.0. The van der Waals surface area contributed by atoms with Crippen LogP contribution in [0.2, 0.25) is 0 Å². The second-order valence-electron chi connectivity index (χ2n) is 17.6. The molecule has 3 N–H and O–H groups in total. The van der Waals surface area contributed by atoms with E-state index < -0.39 is 0 Å². The molecule has 10 aromatic carbocycles. The summed E-state index contributed by atoms with van der Waals surface area (Å²) in [6, 6.07) is 85.8. The first-order chi connectivity index (χ1) is 34.0. The number of para-hydroxylation sites is 5. The van der Waals surface area contributed by atoms with Crippen LogP contribution in [0.4, 0.5) is 0 Å². The van der Waals surface area contributed by atoms with Crippen molar-refractivity contribution < 1.29 is 0 Å². The third-order valence-electron chi connectivity index (χ3n) is 13.3. The Bertz CT molecular complexity index is 4040. The Balaban J connectivity index is 0.000000246. The van der Waals surface area contributed by atoms with E-state index in [9.17, 15) is 0 Å². The van der Waals surface area contributed by atoms with Gasteiger partial charge in [-0.3, -0.25) is 0 Å². The fourth-order valence-electron chi connectivity index (χ4n) is 10.2. The number of aromatic nitrogens is 3. The molecule has 69 heavy (non-hydrogen) atoms. The summed E-state index contributed by atoms with van der Waals surface area (Å²) >= 11 is 0. The van der Waals surface area contributed by atoms with E-state index in [0.717, 1.165) is 22.5 Å². The van der Waals surface area contributed by atoms with Crippen molar-refractivity contribution in [2.45, 2.75) is 6.92 Å². The summed E-state index contributed by atoms with van der Waals surface area (Å²) in [7, 11) is 0. The first-order valence-corrected chi connectivity index (χ1v) is 23.4. The maximum atomic E-state index is 7.95. The molecule has 0 saturated carbocycles. The van der Waals surface area contributed by atoms with Gasteiger partial charge in [0, 0.05) is 55.1 Å². The van der Waals surface area contributed by atoms with Gasteiger partial charge in [0.2, 0.25) is 0 Å². The van der Waals surface area contributed by atoms with Crippen molar-refractivity contribution in [1.82, 2.24) is 13.7 Å². The molecule has 13 rings (SSSR count). The van der Waals surface area contributed by atoms with E-state index in [0.29, 0.717) is 11.4 Å². The molecule has 0 unspecified atom stereocenters. The van der Waals surface area contributed by atoms with Crippen LogP contribution in [0.3, 0.4) is 0 Å².